The second-order valence-electron chi connectivity index (χ2n) is 5.04. The van der Waals surface area contributed by atoms with E-state index < -0.39 is 0 Å². The van der Waals surface area contributed by atoms with Crippen LogP contribution in [0.1, 0.15) is 11.1 Å². The highest BCUT2D eigenvalue weighted by molar-refractivity contribution is 7.98. The Balaban J connectivity index is 1.54. The SMILES string of the molecule is Clc1ccccc1CSc1nncn1NC/C=C\c1ccccc1. The van der Waals surface area contributed by atoms with Crippen LogP contribution in [0.4, 0.5) is 0 Å². The number of thioether (sulfide) groups is 1. The maximum Gasteiger partial charge on any atom is 0.210 e. The molecule has 0 radical (unpaired) electrons. The second-order valence-corrected chi connectivity index (χ2v) is 6.39. The molecule has 4 nitrogen and oxygen atoms in total. The Labute approximate surface area is 150 Å². The van der Waals surface area contributed by atoms with Gasteiger partial charge in [-0.25, -0.2) is 4.68 Å². The van der Waals surface area contributed by atoms with Crippen molar-refractivity contribution in [1.29, 1.82) is 0 Å². The van der Waals surface area contributed by atoms with Crippen LogP contribution >= 0.6 is 23.4 Å². The lowest BCUT2D eigenvalue weighted by Gasteiger charge is -2.08. The summed E-state index contributed by atoms with van der Waals surface area (Å²) in [5, 5.41) is 9.69. The summed E-state index contributed by atoms with van der Waals surface area (Å²) >= 11 is 7.78. The van der Waals surface area contributed by atoms with Crippen molar-refractivity contribution in [1.82, 2.24) is 14.9 Å². The fourth-order valence-corrected chi connectivity index (χ4v) is 3.27. The van der Waals surface area contributed by atoms with E-state index in [2.05, 4.69) is 39.9 Å². The number of hydrogen-bond donors (Lipinski definition) is 1. The van der Waals surface area contributed by atoms with Gasteiger partial charge in [0.1, 0.15) is 6.33 Å². The second kappa shape index (κ2) is 8.57. The zero-order valence-electron chi connectivity index (χ0n) is 13.0. The number of nitrogens with zero attached hydrogens (tertiary/aromatic N) is 3. The molecule has 0 unspecified atom stereocenters. The van der Waals surface area contributed by atoms with Gasteiger partial charge < -0.3 is 5.43 Å². The lowest BCUT2D eigenvalue weighted by molar-refractivity contribution is 0.781. The van der Waals surface area contributed by atoms with E-state index in [-0.39, 0.29) is 0 Å². The molecule has 0 amide bonds. The molecular weight excluding hydrogens is 340 g/mol. The molecule has 0 aliphatic heterocycles. The van der Waals surface area contributed by atoms with Crippen LogP contribution in [0.5, 0.6) is 0 Å². The maximum atomic E-state index is 6.18. The Kier molecular flexibility index (Phi) is 5.93. The highest BCUT2D eigenvalue weighted by atomic mass is 35.5. The van der Waals surface area contributed by atoms with Crippen LogP contribution in [0.2, 0.25) is 5.02 Å². The monoisotopic (exact) mass is 356 g/mol. The Morgan fingerprint density at radius 2 is 1.88 bits per heavy atom. The van der Waals surface area contributed by atoms with Gasteiger partial charge in [0.05, 0.1) is 0 Å². The van der Waals surface area contributed by atoms with Crippen molar-refractivity contribution in [2.24, 2.45) is 0 Å². The number of hydrogen-bond acceptors (Lipinski definition) is 4. The summed E-state index contributed by atoms with van der Waals surface area (Å²) in [6.07, 6.45) is 5.82. The largest absolute Gasteiger partial charge is 0.319 e. The molecule has 0 saturated heterocycles. The summed E-state index contributed by atoms with van der Waals surface area (Å²) in [4.78, 5) is 0. The molecule has 1 aromatic heterocycles. The minimum Gasteiger partial charge on any atom is -0.319 e. The van der Waals surface area contributed by atoms with Gasteiger partial charge in [0.15, 0.2) is 0 Å². The molecule has 1 N–H and O–H groups in total. The molecule has 6 heteroatoms. The minimum absolute atomic E-state index is 0.687. The summed E-state index contributed by atoms with van der Waals surface area (Å²) in [6.45, 7) is 0.687. The van der Waals surface area contributed by atoms with Gasteiger partial charge in [-0.2, -0.15) is 0 Å². The standard InChI is InChI=1S/C18H17ClN4S/c19-17-11-5-4-10-16(17)13-24-18-22-20-14-23(18)21-12-6-9-15-7-2-1-3-8-15/h1-11,14,21H,12-13H2/b9-6-. The van der Waals surface area contributed by atoms with Gasteiger partial charge in [0.2, 0.25) is 5.16 Å². The first-order valence-electron chi connectivity index (χ1n) is 7.54. The molecule has 3 aromatic rings. The first-order valence-corrected chi connectivity index (χ1v) is 8.91. The molecule has 0 aliphatic rings. The van der Waals surface area contributed by atoms with E-state index in [1.165, 1.54) is 5.56 Å². The molecule has 0 spiro atoms. The minimum atomic E-state index is 0.687. The number of halogens is 1. The van der Waals surface area contributed by atoms with E-state index in [1.54, 1.807) is 18.1 Å². The molecule has 0 bridgehead atoms. The predicted octanol–water partition coefficient (Wildman–Crippen LogP) is 4.48. The fraction of sp³-hybridized carbons (Fsp3) is 0.111. The van der Waals surface area contributed by atoms with Gasteiger partial charge >= 0.3 is 0 Å². The predicted molar refractivity (Wildman–Crippen MR) is 101 cm³/mol. The first kappa shape index (κ1) is 16.6. The van der Waals surface area contributed by atoms with Crippen LogP contribution in [0.25, 0.3) is 6.08 Å². The Hall–Kier alpha value is -2.24. The fourth-order valence-electron chi connectivity index (χ4n) is 2.10. The number of aromatic nitrogens is 3. The van der Waals surface area contributed by atoms with Gasteiger partial charge in [-0.3, -0.25) is 0 Å². The molecule has 122 valence electrons. The zero-order chi connectivity index (χ0) is 16.6. The molecule has 1 heterocycles. The molecule has 3 rings (SSSR count). The van der Waals surface area contributed by atoms with E-state index in [9.17, 15) is 0 Å². The van der Waals surface area contributed by atoms with E-state index in [0.717, 1.165) is 21.5 Å². The normalized spacial score (nSPS) is 11.0. The Morgan fingerprint density at radius 1 is 1.08 bits per heavy atom. The van der Waals surface area contributed by atoms with Crippen molar-refractivity contribution in [3.05, 3.63) is 83.2 Å². The van der Waals surface area contributed by atoms with E-state index in [4.69, 9.17) is 11.6 Å². The highest BCUT2D eigenvalue weighted by Crippen LogP contribution is 2.24. The molecule has 0 atom stereocenters. The molecule has 0 saturated carbocycles. The number of nitrogens with one attached hydrogen (secondary N) is 1. The van der Waals surface area contributed by atoms with Crippen molar-refractivity contribution >= 4 is 29.4 Å². The van der Waals surface area contributed by atoms with Crippen LogP contribution in [-0.4, -0.2) is 21.4 Å². The molecule has 2 aromatic carbocycles. The average Bonchev–Trinajstić information content (AvgIpc) is 3.06. The summed E-state index contributed by atoms with van der Waals surface area (Å²) in [5.41, 5.74) is 5.53. The molecular formula is C18H17ClN4S. The first-order chi connectivity index (χ1) is 11.8. The number of benzene rings is 2. The molecule has 24 heavy (non-hydrogen) atoms. The van der Waals surface area contributed by atoms with Gasteiger partial charge in [-0.15, -0.1) is 10.2 Å². The van der Waals surface area contributed by atoms with Gasteiger partial charge in [0.25, 0.3) is 0 Å². The number of rotatable bonds is 7. The molecule has 0 fully saturated rings. The third-order valence-corrected chi connectivity index (χ3v) is 4.68. The van der Waals surface area contributed by atoms with Gasteiger partial charge in [0, 0.05) is 17.3 Å². The Morgan fingerprint density at radius 3 is 2.71 bits per heavy atom. The van der Waals surface area contributed by atoms with E-state index in [0.29, 0.717) is 6.54 Å². The summed E-state index contributed by atoms with van der Waals surface area (Å²) in [5.74, 6) is 0.750. The van der Waals surface area contributed by atoms with Crippen LogP contribution in [0, 0.1) is 0 Å². The smallest absolute Gasteiger partial charge is 0.210 e. The third-order valence-electron chi connectivity index (χ3n) is 3.32. The van der Waals surface area contributed by atoms with Crippen LogP contribution in [0.3, 0.4) is 0 Å². The van der Waals surface area contributed by atoms with Crippen molar-refractivity contribution < 1.29 is 0 Å². The van der Waals surface area contributed by atoms with Crippen molar-refractivity contribution in [3.8, 4) is 0 Å². The lowest BCUT2D eigenvalue weighted by Crippen LogP contribution is -2.14. The zero-order valence-corrected chi connectivity index (χ0v) is 14.5. The van der Waals surface area contributed by atoms with Crippen molar-refractivity contribution in [3.63, 3.8) is 0 Å². The van der Waals surface area contributed by atoms with E-state index in [1.807, 2.05) is 47.1 Å². The van der Waals surface area contributed by atoms with Gasteiger partial charge in [-0.1, -0.05) is 84.0 Å². The summed E-state index contributed by atoms with van der Waals surface area (Å²) in [7, 11) is 0. The quantitative estimate of drug-likeness (QED) is 0.634. The van der Waals surface area contributed by atoms with Crippen LogP contribution in [-0.2, 0) is 5.75 Å². The topological polar surface area (TPSA) is 42.7 Å². The summed E-state index contributed by atoms with van der Waals surface area (Å²) < 4.78 is 1.83. The van der Waals surface area contributed by atoms with Crippen molar-refractivity contribution in [2.75, 3.05) is 12.0 Å². The average molecular weight is 357 g/mol. The van der Waals surface area contributed by atoms with E-state index >= 15 is 0 Å². The van der Waals surface area contributed by atoms with Crippen LogP contribution in [0.15, 0.2) is 72.2 Å². The van der Waals surface area contributed by atoms with Gasteiger partial charge in [-0.05, 0) is 17.2 Å². The molecule has 0 aliphatic carbocycles. The summed E-state index contributed by atoms with van der Waals surface area (Å²) in [6, 6.07) is 18.0. The maximum absolute atomic E-state index is 6.18. The lowest BCUT2D eigenvalue weighted by atomic mass is 10.2. The Bertz CT molecular complexity index is 802. The third kappa shape index (κ3) is 4.63. The highest BCUT2D eigenvalue weighted by Gasteiger charge is 2.06. The van der Waals surface area contributed by atoms with Crippen LogP contribution < -0.4 is 5.43 Å². The van der Waals surface area contributed by atoms with Crippen molar-refractivity contribution in [2.45, 2.75) is 10.9 Å².